The van der Waals surface area contributed by atoms with Gasteiger partial charge in [-0.3, -0.25) is 4.79 Å². The highest BCUT2D eigenvalue weighted by molar-refractivity contribution is 9.09. The molecule has 2 nitrogen and oxygen atoms in total. The van der Waals surface area contributed by atoms with Crippen LogP contribution < -0.4 is 0 Å². The molecule has 0 bridgehead atoms. The Hall–Kier alpha value is -0.150. The van der Waals surface area contributed by atoms with E-state index in [-0.39, 0.29) is 22.9 Å². The van der Waals surface area contributed by atoms with Crippen molar-refractivity contribution >= 4 is 21.7 Å². The third-order valence-corrected chi connectivity index (χ3v) is 9.35. The van der Waals surface area contributed by atoms with Gasteiger partial charge in [0.05, 0.1) is 6.10 Å². The summed E-state index contributed by atoms with van der Waals surface area (Å²) in [7, 11) is 0. The smallest absolute Gasteiger partial charge is 0.133 e. The van der Waals surface area contributed by atoms with Crippen LogP contribution in [0.15, 0.2) is 11.6 Å². The number of Topliss-reactive ketones (excluding diaryl/α,β-unsaturated/α-hetero) is 1. The molecule has 0 heterocycles. The van der Waals surface area contributed by atoms with Crippen molar-refractivity contribution in [3.8, 4) is 0 Å². The van der Waals surface area contributed by atoms with E-state index >= 15 is 0 Å². The number of carbonyl (C=O) groups excluding carboxylic acids is 1. The Bertz CT molecular complexity index is 584. The molecule has 0 amide bonds. The molecule has 3 fully saturated rings. The van der Waals surface area contributed by atoms with Crippen LogP contribution in [0.5, 0.6) is 0 Å². The Kier molecular flexibility index (Phi) is 4.08. The van der Waals surface area contributed by atoms with E-state index in [9.17, 15) is 9.90 Å². The molecular weight excluding hydrogens is 364 g/mol. The zero-order valence-corrected chi connectivity index (χ0v) is 16.8. The van der Waals surface area contributed by atoms with E-state index in [4.69, 9.17) is 0 Å². The second kappa shape index (κ2) is 5.67. The average molecular weight is 395 g/mol. The maximum Gasteiger partial charge on any atom is 0.133 e. The predicted molar refractivity (Wildman–Crippen MR) is 100.0 cm³/mol. The van der Waals surface area contributed by atoms with Crippen molar-refractivity contribution in [2.45, 2.75) is 76.6 Å². The lowest BCUT2D eigenvalue weighted by Crippen LogP contribution is -2.55. The number of alkyl halides is 1. The Morgan fingerprint density at radius 1 is 1.29 bits per heavy atom. The van der Waals surface area contributed by atoms with Gasteiger partial charge in [0.25, 0.3) is 0 Å². The van der Waals surface area contributed by atoms with Gasteiger partial charge in [0.2, 0.25) is 0 Å². The lowest BCUT2D eigenvalue weighted by Gasteiger charge is -2.59. The molecule has 0 aromatic rings. The first-order valence-electron chi connectivity index (χ1n) is 9.79. The number of hydrogen-bond acceptors (Lipinski definition) is 2. The molecule has 0 aliphatic heterocycles. The molecule has 3 heteroatoms. The maximum atomic E-state index is 12.2. The first-order valence-corrected chi connectivity index (χ1v) is 10.7. The zero-order valence-electron chi connectivity index (χ0n) is 15.2. The summed E-state index contributed by atoms with van der Waals surface area (Å²) in [6, 6.07) is 0. The van der Waals surface area contributed by atoms with Crippen LogP contribution in [0.25, 0.3) is 0 Å². The van der Waals surface area contributed by atoms with Crippen molar-refractivity contribution in [2.75, 3.05) is 0 Å². The van der Waals surface area contributed by atoms with E-state index in [0.717, 1.165) is 38.5 Å². The van der Waals surface area contributed by atoms with Gasteiger partial charge in [0, 0.05) is 10.7 Å². The van der Waals surface area contributed by atoms with Crippen LogP contribution in [-0.4, -0.2) is 21.8 Å². The molecule has 0 spiro atoms. The molecule has 0 aromatic carbocycles. The van der Waals surface area contributed by atoms with Crippen molar-refractivity contribution < 1.29 is 9.90 Å². The summed E-state index contributed by atoms with van der Waals surface area (Å²) in [5, 5.41) is 10.1. The quantitative estimate of drug-likeness (QED) is 0.507. The van der Waals surface area contributed by atoms with Crippen LogP contribution in [0.2, 0.25) is 0 Å². The summed E-state index contributed by atoms with van der Waals surface area (Å²) in [5.41, 5.74) is 1.93. The van der Waals surface area contributed by atoms with Crippen molar-refractivity contribution in [3.63, 3.8) is 0 Å². The van der Waals surface area contributed by atoms with Gasteiger partial charge in [-0.05, 0) is 80.5 Å². The molecule has 3 saturated carbocycles. The van der Waals surface area contributed by atoms with E-state index in [2.05, 4.69) is 35.9 Å². The number of aliphatic hydroxyl groups excluding tert-OH is 1. The molecule has 1 unspecified atom stereocenters. The van der Waals surface area contributed by atoms with Crippen molar-refractivity contribution in [1.29, 1.82) is 0 Å². The largest absolute Gasteiger partial charge is 0.393 e. The molecule has 4 aliphatic rings. The maximum absolute atomic E-state index is 12.2. The average Bonchev–Trinajstić information content (AvgIpc) is 2.84. The number of carbonyl (C=O) groups is 1. The van der Waals surface area contributed by atoms with Gasteiger partial charge < -0.3 is 5.11 Å². The van der Waals surface area contributed by atoms with Gasteiger partial charge in [0.15, 0.2) is 0 Å². The lowest BCUT2D eigenvalue weighted by atomic mass is 9.47. The third kappa shape index (κ3) is 2.26. The number of ketones is 1. The van der Waals surface area contributed by atoms with Crippen molar-refractivity contribution in [1.82, 2.24) is 0 Å². The molecule has 0 aromatic heterocycles. The highest BCUT2D eigenvalue weighted by Crippen LogP contribution is 2.67. The summed E-state index contributed by atoms with van der Waals surface area (Å²) >= 11 is 4.09. The Labute approximate surface area is 154 Å². The van der Waals surface area contributed by atoms with Gasteiger partial charge >= 0.3 is 0 Å². The molecule has 1 N–H and O–H groups in total. The number of allylic oxidation sites excluding steroid dienone is 1. The fourth-order valence-corrected chi connectivity index (χ4v) is 9.04. The Balaban J connectivity index is 1.71. The number of rotatable bonds is 1. The minimum atomic E-state index is -0.142. The SMILES string of the molecule is CC(=O)[C@H]1CC[C@H]2[C@@H]3CC=C4C[C@@H](O)CC[C@]4(C)[C@H]3C(Br)C[C@]12C. The van der Waals surface area contributed by atoms with Crippen molar-refractivity contribution in [3.05, 3.63) is 11.6 Å². The van der Waals surface area contributed by atoms with Crippen LogP contribution in [-0.2, 0) is 4.79 Å². The topological polar surface area (TPSA) is 37.3 Å². The second-order valence-corrected chi connectivity index (χ2v) is 10.7. The minimum absolute atomic E-state index is 0.142. The second-order valence-electron chi connectivity index (χ2n) is 9.54. The highest BCUT2D eigenvalue weighted by Gasteiger charge is 2.61. The van der Waals surface area contributed by atoms with Crippen LogP contribution in [0.1, 0.15) is 65.7 Å². The summed E-state index contributed by atoms with van der Waals surface area (Å²) in [6.45, 7) is 6.65. The number of aliphatic hydroxyl groups is 1. The van der Waals surface area contributed by atoms with E-state index < -0.39 is 0 Å². The minimum Gasteiger partial charge on any atom is -0.393 e. The standard InChI is InChI=1S/C21H31BrO2/c1-12(23)16-6-7-17-15-5-4-13-10-14(24)8-9-20(13,2)19(15)18(22)11-21(16,17)3/h4,14-19,24H,5-11H2,1-3H3/t14-,15-,16+,17-,18?,19+,20-,21+/m0/s1. The Morgan fingerprint density at radius 3 is 2.75 bits per heavy atom. The fraction of sp³-hybridized carbons (Fsp3) is 0.857. The molecular formula is C21H31BrO2. The zero-order chi connectivity index (χ0) is 17.3. The molecule has 24 heavy (non-hydrogen) atoms. The molecule has 4 aliphatic carbocycles. The first-order chi connectivity index (χ1) is 11.3. The van der Waals surface area contributed by atoms with Gasteiger partial charge in [-0.15, -0.1) is 0 Å². The highest BCUT2D eigenvalue weighted by atomic mass is 79.9. The van der Waals surface area contributed by atoms with Gasteiger partial charge in [-0.2, -0.15) is 0 Å². The number of halogens is 1. The first kappa shape index (κ1) is 17.3. The van der Waals surface area contributed by atoms with Gasteiger partial charge in [-0.1, -0.05) is 41.4 Å². The normalized spacial score (nSPS) is 53.6. The summed E-state index contributed by atoms with van der Waals surface area (Å²) in [4.78, 5) is 12.7. The monoisotopic (exact) mass is 394 g/mol. The van der Waals surface area contributed by atoms with E-state index in [1.807, 2.05) is 0 Å². The molecule has 4 rings (SSSR count). The molecule has 8 atom stereocenters. The van der Waals surface area contributed by atoms with Crippen molar-refractivity contribution in [2.24, 2.45) is 34.5 Å². The number of hydrogen-bond donors (Lipinski definition) is 1. The summed E-state index contributed by atoms with van der Waals surface area (Å²) in [5.74, 6) is 2.70. The fourth-order valence-electron chi connectivity index (χ4n) is 7.37. The van der Waals surface area contributed by atoms with E-state index in [1.165, 1.54) is 12.0 Å². The van der Waals surface area contributed by atoms with E-state index in [0.29, 0.717) is 28.4 Å². The number of fused-ring (bicyclic) bond motifs is 5. The van der Waals surface area contributed by atoms with Crippen LogP contribution in [0, 0.1) is 34.5 Å². The lowest BCUT2D eigenvalue weighted by molar-refractivity contribution is -0.127. The summed E-state index contributed by atoms with van der Waals surface area (Å²) in [6.07, 6.45) is 9.85. The molecule has 0 radical (unpaired) electrons. The Morgan fingerprint density at radius 2 is 2.04 bits per heavy atom. The predicted octanol–water partition coefficient (Wildman–Crippen LogP) is 4.89. The third-order valence-electron chi connectivity index (χ3n) is 8.46. The van der Waals surface area contributed by atoms with Gasteiger partial charge in [-0.25, -0.2) is 0 Å². The summed E-state index contributed by atoms with van der Waals surface area (Å²) < 4.78 is 0. The van der Waals surface area contributed by atoms with Crippen LogP contribution >= 0.6 is 15.9 Å². The van der Waals surface area contributed by atoms with E-state index in [1.54, 1.807) is 6.92 Å². The van der Waals surface area contributed by atoms with Crippen LogP contribution in [0.4, 0.5) is 0 Å². The molecule has 0 saturated heterocycles. The molecule has 134 valence electrons. The van der Waals surface area contributed by atoms with Gasteiger partial charge in [0.1, 0.15) is 5.78 Å². The van der Waals surface area contributed by atoms with Crippen LogP contribution in [0.3, 0.4) is 0 Å².